The minimum atomic E-state index is -3.42. The number of hydrogen-bond donors (Lipinski definition) is 2. The largest absolute Gasteiger partial charge is 0.480 e. The van der Waals surface area contributed by atoms with Crippen molar-refractivity contribution in [2.75, 3.05) is 12.9 Å². The van der Waals surface area contributed by atoms with Gasteiger partial charge < -0.3 is 19.8 Å². The summed E-state index contributed by atoms with van der Waals surface area (Å²) < 4.78 is 39.4. The molecule has 11 nitrogen and oxygen atoms in total. The first kappa shape index (κ1) is 27.3. The van der Waals surface area contributed by atoms with Gasteiger partial charge >= 0.3 is 5.97 Å². The van der Waals surface area contributed by atoms with E-state index in [1.165, 1.54) is 30.3 Å². The van der Waals surface area contributed by atoms with Crippen molar-refractivity contribution in [3.63, 3.8) is 0 Å². The Kier molecular flexibility index (Phi) is 8.28. The highest BCUT2D eigenvalue weighted by molar-refractivity contribution is 7.90. The lowest BCUT2D eigenvalue weighted by Gasteiger charge is -2.14. The quantitative estimate of drug-likeness (QED) is 0.281. The molecule has 0 saturated heterocycles. The van der Waals surface area contributed by atoms with Crippen molar-refractivity contribution in [1.29, 1.82) is 0 Å². The molecule has 1 heterocycles. The molecule has 0 spiro atoms. The molecule has 0 bridgehead atoms. The van der Waals surface area contributed by atoms with Gasteiger partial charge in [-0.3, -0.25) is 4.79 Å². The third-order valence-corrected chi connectivity index (χ3v) is 6.71. The summed E-state index contributed by atoms with van der Waals surface area (Å²) in [5.74, 6) is -2.50. The molecular formula is C24H24FN3O8S. The highest BCUT2D eigenvalue weighted by atomic mass is 32.2. The number of aliphatic carboxylic acids is 1. The molecule has 3 rings (SSSR count). The van der Waals surface area contributed by atoms with Crippen molar-refractivity contribution in [2.45, 2.75) is 30.7 Å². The van der Waals surface area contributed by atoms with Gasteiger partial charge in [0.2, 0.25) is 5.91 Å². The van der Waals surface area contributed by atoms with Crippen molar-refractivity contribution in [2.24, 2.45) is 0 Å². The molecule has 196 valence electrons. The van der Waals surface area contributed by atoms with Crippen LogP contribution in [0.25, 0.3) is 16.9 Å². The number of sulfone groups is 1. The maximum absolute atomic E-state index is 14.0. The number of carbonyl (C=O) groups is 2. The summed E-state index contributed by atoms with van der Waals surface area (Å²) in [5, 5.41) is 20.9. The highest BCUT2D eigenvalue weighted by Crippen LogP contribution is 2.31. The van der Waals surface area contributed by atoms with Crippen molar-refractivity contribution < 1.29 is 37.4 Å². The molecule has 1 amide bonds. The number of amides is 1. The normalized spacial score (nSPS) is 12.1. The number of hydrogen-bond acceptors (Lipinski definition) is 7. The van der Waals surface area contributed by atoms with E-state index in [0.717, 1.165) is 6.26 Å². The van der Waals surface area contributed by atoms with Crippen molar-refractivity contribution in [1.82, 2.24) is 9.88 Å². The summed E-state index contributed by atoms with van der Waals surface area (Å²) in [5.41, 5.74) is 2.71. The minimum absolute atomic E-state index is 0.122. The van der Waals surface area contributed by atoms with E-state index in [1.807, 2.05) is 0 Å². The van der Waals surface area contributed by atoms with Gasteiger partial charge in [0.1, 0.15) is 11.9 Å². The smallest absolute Gasteiger partial charge is 0.326 e. The van der Waals surface area contributed by atoms with E-state index in [4.69, 9.17) is 0 Å². The third kappa shape index (κ3) is 6.91. The number of halogens is 1. The van der Waals surface area contributed by atoms with Crippen LogP contribution in [0.5, 0.6) is 0 Å². The molecule has 2 aromatic carbocycles. The minimum Gasteiger partial charge on any atom is -0.480 e. The summed E-state index contributed by atoms with van der Waals surface area (Å²) >= 11 is 0. The number of carboxylic acids is 1. The molecule has 37 heavy (non-hydrogen) atoms. The maximum atomic E-state index is 14.0. The molecule has 2 N–H and O–H groups in total. The fourth-order valence-corrected chi connectivity index (χ4v) is 4.42. The van der Waals surface area contributed by atoms with E-state index in [0.29, 0.717) is 28.2 Å². The zero-order valence-electron chi connectivity index (χ0n) is 19.9. The predicted molar refractivity (Wildman–Crippen MR) is 130 cm³/mol. The number of benzene rings is 2. The average molecular weight is 534 g/mol. The van der Waals surface area contributed by atoms with E-state index in [2.05, 4.69) is 10.2 Å². The van der Waals surface area contributed by atoms with E-state index in [1.54, 1.807) is 35.8 Å². The van der Waals surface area contributed by atoms with Crippen LogP contribution in [-0.2, 0) is 30.7 Å². The molecule has 0 aliphatic heterocycles. The summed E-state index contributed by atoms with van der Waals surface area (Å²) in [6.07, 6.45) is 0.540. The lowest BCUT2D eigenvalue weighted by atomic mass is 10.1. The first-order chi connectivity index (χ1) is 17.4. The highest BCUT2D eigenvalue weighted by Gasteiger charge is 2.23. The summed E-state index contributed by atoms with van der Waals surface area (Å²) in [6, 6.07) is 12.1. The lowest BCUT2D eigenvalue weighted by molar-refractivity contribution is -0.757. The molecule has 13 heteroatoms. The first-order valence-corrected chi connectivity index (χ1v) is 12.8. The van der Waals surface area contributed by atoms with Gasteiger partial charge in [-0.05, 0) is 54.4 Å². The molecule has 1 aromatic heterocycles. The van der Waals surface area contributed by atoms with Gasteiger partial charge in [-0.1, -0.05) is 18.2 Å². The number of aromatic nitrogens is 1. The SMILES string of the molecule is Cc1c(CC(=O)NC(CCO[N+](=O)[O-])C(=O)O)cc(-c2ccc(S(C)(=O)=O)cc2)n1-c1cccc(F)c1. The average Bonchev–Trinajstić information content (AvgIpc) is 3.13. The Morgan fingerprint density at radius 2 is 1.86 bits per heavy atom. The number of nitrogens with zero attached hydrogens (tertiary/aromatic N) is 2. The topological polar surface area (TPSA) is 158 Å². The number of rotatable bonds is 11. The molecule has 0 saturated carbocycles. The van der Waals surface area contributed by atoms with Crippen LogP contribution in [0.2, 0.25) is 0 Å². The van der Waals surface area contributed by atoms with E-state index < -0.39 is 45.3 Å². The van der Waals surface area contributed by atoms with Crippen molar-refractivity contribution in [3.8, 4) is 16.9 Å². The van der Waals surface area contributed by atoms with E-state index in [9.17, 15) is 37.6 Å². The zero-order chi connectivity index (χ0) is 27.3. The van der Waals surface area contributed by atoms with Gasteiger partial charge in [0, 0.05) is 24.1 Å². The maximum Gasteiger partial charge on any atom is 0.326 e. The van der Waals surface area contributed by atoms with Crippen molar-refractivity contribution >= 4 is 21.7 Å². The predicted octanol–water partition coefficient (Wildman–Crippen LogP) is 2.71. The number of nitrogens with one attached hydrogen (secondary N) is 1. The van der Waals surface area contributed by atoms with Crippen LogP contribution in [0.1, 0.15) is 17.7 Å². The molecule has 3 aromatic rings. The zero-order valence-corrected chi connectivity index (χ0v) is 20.7. The van der Waals surface area contributed by atoms with Gasteiger partial charge in [-0.15, -0.1) is 10.1 Å². The van der Waals surface area contributed by atoms with Crippen LogP contribution >= 0.6 is 0 Å². The second-order valence-corrected chi connectivity index (χ2v) is 10.2. The van der Waals surface area contributed by atoms with Crippen molar-refractivity contribution in [3.05, 3.63) is 81.8 Å². The molecule has 0 fully saturated rings. The standard InChI is InChI=1S/C24H24FN3O8S/c1-15-17(13-23(29)26-21(24(30)31)10-11-36-28(32)33)12-22(27(15)19-5-3-4-18(25)14-19)16-6-8-20(9-7-16)37(2,34)35/h3-9,12,14,21H,10-11,13H2,1-2H3,(H,26,29)(H,30,31). The van der Waals surface area contributed by atoms with Crippen LogP contribution < -0.4 is 5.32 Å². The lowest BCUT2D eigenvalue weighted by Crippen LogP contribution is -2.42. The van der Waals surface area contributed by atoms with E-state index in [-0.39, 0.29) is 17.7 Å². The van der Waals surface area contributed by atoms with E-state index >= 15 is 0 Å². The fraction of sp³-hybridized carbons (Fsp3) is 0.250. The fourth-order valence-electron chi connectivity index (χ4n) is 3.79. The van der Waals surface area contributed by atoms with Gasteiger partial charge in [-0.2, -0.15) is 0 Å². The van der Waals surface area contributed by atoms with Crippen LogP contribution in [0.4, 0.5) is 4.39 Å². The van der Waals surface area contributed by atoms with Gasteiger partial charge in [0.25, 0.3) is 5.09 Å². The molecule has 0 aliphatic rings. The summed E-state index contributed by atoms with van der Waals surface area (Å²) in [7, 11) is -3.42. The van der Waals surface area contributed by atoms with Crippen LogP contribution in [0.3, 0.4) is 0 Å². The summed E-state index contributed by atoms with van der Waals surface area (Å²) in [6.45, 7) is 1.20. The Morgan fingerprint density at radius 3 is 2.43 bits per heavy atom. The van der Waals surface area contributed by atoms with Gasteiger partial charge in [-0.25, -0.2) is 17.6 Å². The molecule has 0 aliphatic carbocycles. The second kappa shape index (κ2) is 11.2. The number of carboxylic acid groups (broad SMARTS) is 1. The Morgan fingerprint density at radius 1 is 1.19 bits per heavy atom. The van der Waals surface area contributed by atoms with Crippen LogP contribution in [-0.4, -0.2) is 54.0 Å². The Labute approximate surface area is 211 Å². The van der Waals surface area contributed by atoms with Crippen LogP contribution in [0.15, 0.2) is 59.5 Å². The Balaban J connectivity index is 1.95. The first-order valence-electron chi connectivity index (χ1n) is 10.9. The van der Waals surface area contributed by atoms with Gasteiger partial charge in [0.15, 0.2) is 9.84 Å². The molecular weight excluding hydrogens is 509 g/mol. The van der Waals surface area contributed by atoms with Crippen LogP contribution in [0, 0.1) is 22.9 Å². The molecule has 0 radical (unpaired) electrons. The third-order valence-electron chi connectivity index (χ3n) is 5.58. The monoisotopic (exact) mass is 533 g/mol. The Bertz CT molecular complexity index is 1430. The molecule has 1 atom stereocenters. The number of carbonyl (C=O) groups excluding carboxylic acids is 1. The Hall–Kier alpha value is -4.26. The summed E-state index contributed by atoms with van der Waals surface area (Å²) in [4.78, 5) is 38.7. The second-order valence-electron chi connectivity index (χ2n) is 8.23. The molecule has 1 unspecified atom stereocenters. The van der Waals surface area contributed by atoms with Gasteiger partial charge in [0.05, 0.1) is 23.6 Å².